The molecule has 1 unspecified atom stereocenters. The monoisotopic (exact) mass is 305 g/mol. The summed E-state index contributed by atoms with van der Waals surface area (Å²) in [7, 11) is 1.83. The van der Waals surface area contributed by atoms with E-state index in [4.69, 9.17) is 0 Å². The molecule has 1 N–H and O–H groups in total. The van der Waals surface area contributed by atoms with Gasteiger partial charge < -0.3 is 5.32 Å². The molecule has 1 rings (SSSR count). The van der Waals surface area contributed by atoms with Crippen molar-refractivity contribution in [2.45, 2.75) is 32.7 Å². The average molecular weight is 306 g/mol. The van der Waals surface area contributed by atoms with Crippen LogP contribution in [0.5, 0.6) is 0 Å². The lowest BCUT2D eigenvalue weighted by molar-refractivity contribution is 0.455. The van der Waals surface area contributed by atoms with Gasteiger partial charge in [0.15, 0.2) is 11.6 Å². The zero-order valence-electron chi connectivity index (χ0n) is 10.4. The Kier molecular flexibility index (Phi) is 5.53. The van der Waals surface area contributed by atoms with Crippen LogP contribution in [0.3, 0.4) is 0 Å². The first-order chi connectivity index (χ1) is 7.97. The van der Waals surface area contributed by atoms with E-state index < -0.39 is 11.6 Å². The molecule has 0 heterocycles. The van der Waals surface area contributed by atoms with E-state index in [-0.39, 0.29) is 10.5 Å². The Hall–Kier alpha value is -0.480. The molecule has 0 aromatic heterocycles. The molecule has 17 heavy (non-hydrogen) atoms. The third-order valence-electron chi connectivity index (χ3n) is 2.82. The van der Waals surface area contributed by atoms with E-state index in [9.17, 15) is 8.78 Å². The van der Waals surface area contributed by atoms with Gasteiger partial charge in [-0.3, -0.25) is 0 Å². The number of hydrogen-bond acceptors (Lipinski definition) is 1. The van der Waals surface area contributed by atoms with E-state index in [1.54, 1.807) is 6.07 Å². The van der Waals surface area contributed by atoms with Gasteiger partial charge in [-0.25, -0.2) is 8.78 Å². The van der Waals surface area contributed by atoms with Crippen molar-refractivity contribution in [1.82, 2.24) is 5.32 Å². The number of rotatable bonds is 5. The Labute approximate surface area is 110 Å². The highest BCUT2D eigenvalue weighted by atomic mass is 79.9. The first-order valence-electron chi connectivity index (χ1n) is 5.78. The lowest BCUT2D eigenvalue weighted by atomic mass is 9.97. The van der Waals surface area contributed by atoms with Gasteiger partial charge in [0.1, 0.15) is 0 Å². The number of benzene rings is 1. The highest BCUT2D eigenvalue weighted by molar-refractivity contribution is 9.10. The normalized spacial score (nSPS) is 13.1. The maximum Gasteiger partial charge on any atom is 0.173 e. The maximum atomic E-state index is 13.4. The van der Waals surface area contributed by atoms with Crippen LogP contribution < -0.4 is 5.32 Å². The van der Waals surface area contributed by atoms with Crippen molar-refractivity contribution < 1.29 is 8.78 Å². The molecule has 0 fully saturated rings. The second kappa shape index (κ2) is 6.45. The van der Waals surface area contributed by atoms with Crippen LogP contribution in [0, 0.1) is 17.6 Å². The zero-order valence-corrected chi connectivity index (χ0v) is 11.9. The quantitative estimate of drug-likeness (QED) is 0.794. The molecule has 0 bridgehead atoms. The second-order valence-corrected chi connectivity index (χ2v) is 5.37. The standard InChI is InChI=1S/C13H18BrF2N/c1-8(2)4-7-11(17-3)9-5-6-10(15)13(16)12(9)14/h5-6,8,11,17H,4,7H2,1-3H3. The predicted octanol–water partition coefficient (Wildman–Crippen LogP) is 4.42. The highest BCUT2D eigenvalue weighted by Crippen LogP contribution is 2.30. The summed E-state index contributed by atoms with van der Waals surface area (Å²) in [6.45, 7) is 4.29. The SMILES string of the molecule is CNC(CCC(C)C)c1ccc(F)c(F)c1Br. The Morgan fingerprint density at radius 1 is 1.24 bits per heavy atom. The van der Waals surface area contributed by atoms with Gasteiger partial charge in [-0.1, -0.05) is 19.9 Å². The predicted molar refractivity (Wildman–Crippen MR) is 69.9 cm³/mol. The van der Waals surface area contributed by atoms with Crippen LogP contribution in [0.15, 0.2) is 16.6 Å². The van der Waals surface area contributed by atoms with Gasteiger partial charge in [-0.15, -0.1) is 0 Å². The summed E-state index contributed by atoms with van der Waals surface area (Å²) >= 11 is 3.12. The van der Waals surface area contributed by atoms with Gasteiger partial charge in [-0.05, 0) is 53.4 Å². The van der Waals surface area contributed by atoms with E-state index in [2.05, 4.69) is 35.1 Å². The van der Waals surface area contributed by atoms with Gasteiger partial charge >= 0.3 is 0 Å². The summed E-state index contributed by atoms with van der Waals surface area (Å²) in [6.07, 6.45) is 1.94. The van der Waals surface area contributed by atoms with E-state index in [1.807, 2.05) is 7.05 Å². The molecule has 1 aromatic rings. The fourth-order valence-corrected chi connectivity index (χ4v) is 2.36. The Morgan fingerprint density at radius 2 is 1.88 bits per heavy atom. The van der Waals surface area contributed by atoms with Crippen molar-refractivity contribution in [3.8, 4) is 0 Å². The lowest BCUT2D eigenvalue weighted by Gasteiger charge is -2.19. The molecular weight excluding hydrogens is 288 g/mol. The van der Waals surface area contributed by atoms with Gasteiger partial charge in [0, 0.05) is 6.04 Å². The Balaban J connectivity index is 2.92. The zero-order chi connectivity index (χ0) is 13.0. The van der Waals surface area contributed by atoms with Gasteiger partial charge in [0.25, 0.3) is 0 Å². The summed E-state index contributed by atoms with van der Waals surface area (Å²) in [5.74, 6) is -1.04. The van der Waals surface area contributed by atoms with Crippen LogP contribution in [0.25, 0.3) is 0 Å². The van der Waals surface area contributed by atoms with E-state index in [0.29, 0.717) is 5.92 Å². The first-order valence-corrected chi connectivity index (χ1v) is 6.57. The van der Waals surface area contributed by atoms with Crippen LogP contribution in [-0.4, -0.2) is 7.05 Å². The van der Waals surface area contributed by atoms with Crippen molar-refractivity contribution in [3.05, 3.63) is 33.8 Å². The smallest absolute Gasteiger partial charge is 0.173 e. The number of nitrogens with one attached hydrogen (secondary N) is 1. The molecule has 0 amide bonds. The highest BCUT2D eigenvalue weighted by Gasteiger charge is 2.17. The summed E-state index contributed by atoms with van der Waals surface area (Å²) in [4.78, 5) is 0. The maximum absolute atomic E-state index is 13.4. The average Bonchev–Trinajstić information content (AvgIpc) is 2.29. The van der Waals surface area contributed by atoms with Crippen LogP contribution in [0.1, 0.15) is 38.3 Å². The molecule has 0 radical (unpaired) electrons. The van der Waals surface area contributed by atoms with Crippen molar-refractivity contribution >= 4 is 15.9 Å². The molecule has 0 saturated heterocycles. The van der Waals surface area contributed by atoms with Crippen LogP contribution in [0.2, 0.25) is 0 Å². The van der Waals surface area contributed by atoms with Crippen molar-refractivity contribution in [2.24, 2.45) is 5.92 Å². The minimum atomic E-state index is -0.820. The second-order valence-electron chi connectivity index (χ2n) is 4.58. The molecule has 96 valence electrons. The first kappa shape index (κ1) is 14.6. The Morgan fingerprint density at radius 3 is 2.41 bits per heavy atom. The largest absolute Gasteiger partial charge is 0.313 e. The number of halogens is 3. The van der Waals surface area contributed by atoms with Crippen molar-refractivity contribution in [2.75, 3.05) is 7.05 Å². The summed E-state index contributed by atoms with van der Waals surface area (Å²) in [6, 6.07) is 2.85. The van der Waals surface area contributed by atoms with Gasteiger partial charge in [0.2, 0.25) is 0 Å². The third-order valence-corrected chi connectivity index (χ3v) is 3.63. The molecule has 0 saturated carbocycles. The topological polar surface area (TPSA) is 12.0 Å². The van der Waals surface area contributed by atoms with Gasteiger partial charge in [-0.2, -0.15) is 0 Å². The number of hydrogen-bond donors (Lipinski definition) is 1. The third kappa shape index (κ3) is 3.75. The van der Waals surface area contributed by atoms with E-state index >= 15 is 0 Å². The molecule has 0 aliphatic carbocycles. The minimum Gasteiger partial charge on any atom is -0.313 e. The Bertz CT molecular complexity index is 380. The fraction of sp³-hybridized carbons (Fsp3) is 0.538. The van der Waals surface area contributed by atoms with Crippen LogP contribution >= 0.6 is 15.9 Å². The molecule has 1 aromatic carbocycles. The van der Waals surface area contributed by atoms with Crippen LogP contribution in [-0.2, 0) is 0 Å². The van der Waals surface area contributed by atoms with E-state index in [0.717, 1.165) is 18.4 Å². The molecular formula is C13H18BrF2N. The molecule has 0 aliphatic rings. The minimum absolute atomic E-state index is 0.0434. The summed E-state index contributed by atoms with van der Waals surface area (Å²) in [5.41, 5.74) is 0.770. The van der Waals surface area contributed by atoms with Crippen molar-refractivity contribution in [1.29, 1.82) is 0 Å². The molecule has 1 atom stereocenters. The fourth-order valence-electron chi connectivity index (χ4n) is 1.77. The summed E-state index contributed by atoms with van der Waals surface area (Å²) < 4.78 is 26.7. The van der Waals surface area contributed by atoms with Crippen LogP contribution in [0.4, 0.5) is 8.78 Å². The lowest BCUT2D eigenvalue weighted by Crippen LogP contribution is -2.18. The van der Waals surface area contributed by atoms with E-state index in [1.165, 1.54) is 6.07 Å². The van der Waals surface area contributed by atoms with Gasteiger partial charge in [0.05, 0.1) is 4.47 Å². The summed E-state index contributed by atoms with van der Waals surface area (Å²) in [5, 5.41) is 3.14. The molecule has 0 spiro atoms. The molecule has 4 heteroatoms. The molecule has 1 nitrogen and oxygen atoms in total. The van der Waals surface area contributed by atoms with Crippen molar-refractivity contribution in [3.63, 3.8) is 0 Å². The molecule has 0 aliphatic heterocycles.